The molecule has 1 aliphatic heterocycles. The molecule has 1 atom stereocenters. The topological polar surface area (TPSA) is 80.0 Å². The van der Waals surface area contributed by atoms with Gasteiger partial charge in [-0.15, -0.1) is 13.2 Å². The number of likely N-dealkylation sites (N-methyl/N-ethyl adjacent to an activating group) is 1. The Hall–Kier alpha value is -3.63. The van der Waals surface area contributed by atoms with Crippen molar-refractivity contribution in [1.82, 2.24) is 19.3 Å². The summed E-state index contributed by atoms with van der Waals surface area (Å²) in [5.41, 5.74) is -0.255. The van der Waals surface area contributed by atoms with Crippen molar-refractivity contribution in [2.75, 3.05) is 18.6 Å². The fraction of sp³-hybridized carbons (Fsp3) is 0.222. The Labute approximate surface area is 162 Å². The second kappa shape index (κ2) is 6.76. The number of hydrogen-bond donors (Lipinski definition) is 0. The number of ether oxygens (including phenoxy) is 1. The van der Waals surface area contributed by atoms with E-state index in [1.165, 1.54) is 36.2 Å². The number of para-hydroxylation sites is 2. The summed E-state index contributed by atoms with van der Waals surface area (Å²) in [6, 6.07) is 5.95. The zero-order valence-corrected chi connectivity index (χ0v) is 15.0. The van der Waals surface area contributed by atoms with Gasteiger partial charge in [-0.25, -0.2) is 14.9 Å². The number of amides is 2. The molecule has 8 nitrogen and oxygen atoms in total. The highest BCUT2D eigenvalue weighted by atomic mass is 19.4. The number of rotatable bonds is 2. The van der Waals surface area contributed by atoms with Crippen molar-refractivity contribution in [3.8, 4) is 5.75 Å². The minimum absolute atomic E-state index is 0.0506. The van der Waals surface area contributed by atoms with E-state index in [4.69, 9.17) is 4.74 Å². The van der Waals surface area contributed by atoms with Crippen molar-refractivity contribution in [2.45, 2.75) is 12.3 Å². The maximum Gasteiger partial charge on any atom is 0.488 e. The number of halogens is 3. The van der Waals surface area contributed by atoms with Gasteiger partial charge < -0.3 is 9.64 Å². The first kappa shape index (κ1) is 18.7. The van der Waals surface area contributed by atoms with Gasteiger partial charge in [-0.1, -0.05) is 12.1 Å². The number of carbonyl (C=O) groups is 2. The maximum absolute atomic E-state index is 13.9. The van der Waals surface area contributed by atoms with Crippen LogP contribution in [0.4, 0.5) is 18.9 Å². The third kappa shape index (κ3) is 3.13. The van der Waals surface area contributed by atoms with Gasteiger partial charge in [-0.3, -0.25) is 14.0 Å². The van der Waals surface area contributed by atoms with Crippen LogP contribution >= 0.6 is 0 Å². The average Bonchev–Trinajstić information content (AvgIpc) is 3.08. The summed E-state index contributed by atoms with van der Waals surface area (Å²) in [6.07, 6.45) is -1.15. The molecule has 1 aromatic carbocycles. The standard InChI is InChI=1S/C18H14F3N5O3/c1-24-11-5-2-3-6-13(11)29-9-12(16(24)27)26(18(19,20)21)17(28)14-15-22-7-4-8-25(15)10-23-14/h2-8,10,12H,9H2,1H3. The normalized spacial score (nSPS) is 16.9. The van der Waals surface area contributed by atoms with Crippen LogP contribution in [0.1, 0.15) is 10.5 Å². The van der Waals surface area contributed by atoms with E-state index in [2.05, 4.69) is 9.97 Å². The molecular formula is C18H14F3N5O3. The zero-order chi connectivity index (χ0) is 20.8. The quantitative estimate of drug-likeness (QED) is 0.611. The van der Waals surface area contributed by atoms with Gasteiger partial charge in [-0.2, -0.15) is 0 Å². The first-order valence-electron chi connectivity index (χ1n) is 8.46. The molecule has 0 aliphatic carbocycles. The summed E-state index contributed by atoms with van der Waals surface area (Å²) >= 11 is 0. The largest absolute Gasteiger partial charge is 0.489 e. The van der Waals surface area contributed by atoms with Crippen molar-refractivity contribution in [3.63, 3.8) is 0 Å². The number of benzene rings is 1. The van der Waals surface area contributed by atoms with Crippen LogP contribution in [-0.2, 0) is 4.79 Å². The van der Waals surface area contributed by atoms with E-state index in [1.54, 1.807) is 24.3 Å². The zero-order valence-electron chi connectivity index (χ0n) is 15.0. The molecule has 2 amide bonds. The molecule has 0 bridgehead atoms. The Morgan fingerprint density at radius 1 is 1.24 bits per heavy atom. The van der Waals surface area contributed by atoms with Gasteiger partial charge >= 0.3 is 6.30 Å². The molecule has 0 spiro atoms. The second-order valence-corrected chi connectivity index (χ2v) is 6.28. The smallest absolute Gasteiger partial charge is 0.488 e. The minimum atomic E-state index is -5.15. The molecule has 3 heterocycles. The molecule has 0 saturated carbocycles. The fourth-order valence-corrected chi connectivity index (χ4v) is 3.16. The van der Waals surface area contributed by atoms with Crippen LogP contribution in [0.25, 0.3) is 5.65 Å². The predicted octanol–water partition coefficient (Wildman–Crippen LogP) is 2.12. The summed E-state index contributed by atoms with van der Waals surface area (Å²) < 4.78 is 48.5. The number of anilines is 1. The Morgan fingerprint density at radius 3 is 2.76 bits per heavy atom. The molecule has 0 N–H and O–H groups in total. The van der Waals surface area contributed by atoms with Crippen LogP contribution in [0.15, 0.2) is 49.1 Å². The number of nitrogens with zero attached hydrogens (tertiary/aromatic N) is 5. The number of imidazole rings is 1. The number of hydrogen-bond acceptors (Lipinski definition) is 5. The van der Waals surface area contributed by atoms with Gasteiger partial charge in [0, 0.05) is 19.4 Å². The van der Waals surface area contributed by atoms with Crippen LogP contribution < -0.4 is 9.64 Å². The molecular weight excluding hydrogens is 391 g/mol. The maximum atomic E-state index is 13.9. The average molecular weight is 405 g/mol. The molecule has 29 heavy (non-hydrogen) atoms. The lowest BCUT2D eigenvalue weighted by molar-refractivity contribution is -0.237. The lowest BCUT2D eigenvalue weighted by Crippen LogP contribution is -2.57. The van der Waals surface area contributed by atoms with E-state index < -0.39 is 41.4 Å². The summed E-state index contributed by atoms with van der Waals surface area (Å²) in [5, 5.41) is 0. The first-order chi connectivity index (χ1) is 13.8. The Kier molecular flexibility index (Phi) is 4.36. The molecule has 2 aromatic heterocycles. The summed E-state index contributed by atoms with van der Waals surface area (Å²) in [7, 11) is 1.33. The summed E-state index contributed by atoms with van der Waals surface area (Å²) in [6.45, 7) is -0.662. The SMILES string of the molecule is CN1C(=O)C(N(C(=O)c2ncn3cccnc23)C(F)(F)F)COc2ccccc21. The van der Waals surface area contributed by atoms with Gasteiger partial charge in [0.05, 0.1) is 5.69 Å². The van der Waals surface area contributed by atoms with E-state index in [9.17, 15) is 22.8 Å². The number of fused-ring (bicyclic) bond motifs is 2. The lowest BCUT2D eigenvalue weighted by Gasteiger charge is -2.31. The predicted molar refractivity (Wildman–Crippen MR) is 94.3 cm³/mol. The number of carbonyl (C=O) groups excluding carboxylic acids is 2. The third-order valence-corrected chi connectivity index (χ3v) is 4.54. The molecule has 0 fully saturated rings. The van der Waals surface area contributed by atoms with Gasteiger partial charge in [0.15, 0.2) is 17.4 Å². The highest BCUT2D eigenvalue weighted by molar-refractivity contribution is 6.04. The van der Waals surface area contributed by atoms with Crippen molar-refractivity contribution < 1.29 is 27.5 Å². The molecule has 1 unspecified atom stereocenters. The van der Waals surface area contributed by atoms with Crippen LogP contribution in [0.5, 0.6) is 5.75 Å². The molecule has 0 radical (unpaired) electrons. The van der Waals surface area contributed by atoms with Crippen molar-refractivity contribution in [1.29, 1.82) is 0 Å². The second-order valence-electron chi connectivity index (χ2n) is 6.28. The van der Waals surface area contributed by atoms with Crippen molar-refractivity contribution >= 4 is 23.1 Å². The highest BCUT2D eigenvalue weighted by Gasteiger charge is 2.51. The van der Waals surface area contributed by atoms with E-state index in [1.807, 2.05) is 0 Å². The van der Waals surface area contributed by atoms with Crippen LogP contribution in [0.2, 0.25) is 0 Å². The highest BCUT2D eigenvalue weighted by Crippen LogP contribution is 2.34. The van der Waals surface area contributed by atoms with E-state index >= 15 is 0 Å². The monoisotopic (exact) mass is 405 g/mol. The van der Waals surface area contributed by atoms with Crippen molar-refractivity contribution in [2.24, 2.45) is 0 Å². The van der Waals surface area contributed by atoms with Gasteiger partial charge in [0.25, 0.3) is 11.8 Å². The molecule has 1 aliphatic rings. The Bertz CT molecular complexity index is 1100. The van der Waals surface area contributed by atoms with E-state index in [-0.39, 0.29) is 11.4 Å². The Morgan fingerprint density at radius 2 is 2.00 bits per heavy atom. The van der Waals surface area contributed by atoms with Gasteiger partial charge in [0.1, 0.15) is 18.7 Å². The summed E-state index contributed by atoms with van der Waals surface area (Å²) in [4.78, 5) is 34.0. The lowest BCUT2D eigenvalue weighted by atomic mass is 10.2. The minimum Gasteiger partial charge on any atom is -0.489 e. The molecule has 0 saturated heterocycles. The molecule has 11 heteroatoms. The third-order valence-electron chi connectivity index (χ3n) is 4.54. The first-order valence-corrected chi connectivity index (χ1v) is 8.46. The fourth-order valence-electron chi connectivity index (χ4n) is 3.16. The number of aromatic nitrogens is 3. The van der Waals surface area contributed by atoms with Gasteiger partial charge in [-0.05, 0) is 18.2 Å². The van der Waals surface area contributed by atoms with Crippen LogP contribution in [0.3, 0.4) is 0 Å². The van der Waals surface area contributed by atoms with Crippen LogP contribution in [-0.4, -0.2) is 57.1 Å². The van der Waals surface area contributed by atoms with Crippen LogP contribution in [0, 0.1) is 0 Å². The summed E-state index contributed by atoms with van der Waals surface area (Å²) in [5.74, 6) is -2.17. The molecule has 150 valence electrons. The Balaban J connectivity index is 1.76. The van der Waals surface area contributed by atoms with E-state index in [0.717, 1.165) is 4.90 Å². The number of alkyl halides is 3. The van der Waals surface area contributed by atoms with Crippen molar-refractivity contribution in [3.05, 3.63) is 54.7 Å². The molecule has 3 aromatic rings. The molecule has 4 rings (SSSR count). The van der Waals surface area contributed by atoms with E-state index in [0.29, 0.717) is 5.69 Å². The van der Waals surface area contributed by atoms with Gasteiger partial charge in [0.2, 0.25) is 0 Å².